The van der Waals surface area contributed by atoms with Crippen LogP contribution in [0.5, 0.6) is 5.75 Å². The monoisotopic (exact) mass is 254 g/mol. The Hall–Kier alpha value is -0.730. The molecular formula is C14H19ClO2. The number of hydrogen-bond acceptors (Lipinski definition) is 2. The Morgan fingerprint density at radius 2 is 2.35 bits per heavy atom. The molecule has 0 aromatic heterocycles. The Kier molecular flexibility index (Phi) is 4.69. The van der Waals surface area contributed by atoms with Gasteiger partial charge in [0.15, 0.2) is 0 Å². The molecule has 3 heteroatoms. The van der Waals surface area contributed by atoms with Gasteiger partial charge in [-0.1, -0.05) is 19.1 Å². The molecule has 2 atom stereocenters. The minimum Gasteiger partial charge on any atom is -0.494 e. The molecule has 0 bridgehead atoms. The second-order valence-corrected chi connectivity index (χ2v) is 5.02. The van der Waals surface area contributed by atoms with E-state index in [-0.39, 0.29) is 11.5 Å². The van der Waals surface area contributed by atoms with Crippen LogP contribution in [-0.2, 0) is 4.74 Å². The largest absolute Gasteiger partial charge is 0.494 e. The van der Waals surface area contributed by atoms with Gasteiger partial charge in [-0.05, 0) is 37.0 Å². The molecule has 0 radical (unpaired) electrons. The van der Waals surface area contributed by atoms with Crippen molar-refractivity contribution in [1.29, 1.82) is 0 Å². The van der Waals surface area contributed by atoms with E-state index in [1.165, 1.54) is 5.56 Å². The first-order valence-electron chi connectivity index (χ1n) is 6.28. The Labute approximate surface area is 108 Å². The quantitative estimate of drug-likeness (QED) is 0.758. The molecule has 1 fully saturated rings. The van der Waals surface area contributed by atoms with Crippen LogP contribution < -0.4 is 4.74 Å². The van der Waals surface area contributed by atoms with Gasteiger partial charge in [0.25, 0.3) is 0 Å². The summed E-state index contributed by atoms with van der Waals surface area (Å²) >= 11 is 6.17. The van der Waals surface area contributed by atoms with Crippen molar-refractivity contribution in [2.75, 3.05) is 13.2 Å². The second-order valence-electron chi connectivity index (χ2n) is 4.40. The maximum absolute atomic E-state index is 6.17. The van der Waals surface area contributed by atoms with Gasteiger partial charge in [-0.2, -0.15) is 0 Å². The molecule has 1 heterocycles. The number of halogens is 1. The third kappa shape index (κ3) is 3.62. The summed E-state index contributed by atoms with van der Waals surface area (Å²) in [4.78, 5) is 0. The molecule has 2 nitrogen and oxygen atoms in total. The third-order valence-electron chi connectivity index (χ3n) is 2.92. The van der Waals surface area contributed by atoms with Gasteiger partial charge in [-0.3, -0.25) is 0 Å². The molecular weight excluding hydrogens is 236 g/mol. The highest BCUT2D eigenvalue weighted by atomic mass is 35.5. The van der Waals surface area contributed by atoms with Gasteiger partial charge in [0.1, 0.15) is 5.75 Å². The van der Waals surface area contributed by atoms with E-state index < -0.39 is 0 Å². The first-order chi connectivity index (χ1) is 8.29. The van der Waals surface area contributed by atoms with Crippen molar-refractivity contribution in [3.05, 3.63) is 29.8 Å². The lowest BCUT2D eigenvalue weighted by molar-refractivity contribution is 0.0167. The SMILES string of the molecule is CCCOc1cccc(C2CC(Cl)CCO2)c1. The van der Waals surface area contributed by atoms with Gasteiger partial charge in [0, 0.05) is 12.0 Å². The molecule has 1 aromatic rings. The van der Waals surface area contributed by atoms with Gasteiger partial charge in [-0.15, -0.1) is 11.6 Å². The van der Waals surface area contributed by atoms with Crippen LogP contribution in [0.25, 0.3) is 0 Å². The van der Waals surface area contributed by atoms with E-state index >= 15 is 0 Å². The Morgan fingerprint density at radius 3 is 3.12 bits per heavy atom. The van der Waals surface area contributed by atoms with E-state index in [1.807, 2.05) is 12.1 Å². The molecule has 94 valence electrons. The number of hydrogen-bond donors (Lipinski definition) is 0. The van der Waals surface area contributed by atoms with Crippen LogP contribution in [-0.4, -0.2) is 18.6 Å². The fourth-order valence-corrected chi connectivity index (χ4v) is 2.26. The van der Waals surface area contributed by atoms with Crippen LogP contribution in [0.4, 0.5) is 0 Å². The summed E-state index contributed by atoms with van der Waals surface area (Å²) < 4.78 is 11.4. The number of benzene rings is 1. The molecule has 0 saturated carbocycles. The number of alkyl halides is 1. The zero-order chi connectivity index (χ0) is 12.1. The average Bonchev–Trinajstić information content (AvgIpc) is 2.37. The van der Waals surface area contributed by atoms with Crippen molar-refractivity contribution >= 4 is 11.6 Å². The fraction of sp³-hybridized carbons (Fsp3) is 0.571. The van der Waals surface area contributed by atoms with Gasteiger partial charge in [-0.25, -0.2) is 0 Å². The molecule has 1 aromatic carbocycles. The van der Waals surface area contributed by atoms with Crippen molar-refractivity contribution in [2.24, 2.45) is 0 Å². The lowest BCUT2D eigenvalue weighted by Crippen LogP contribution is -2.19. The van der Waals surface area contributed by atoms with Gasteiger partial charge in [0.05, 0.1) is 12.7 Å². The zero-order valence-corrected chi connectivity index (χ0v) is 11.0. The number of ether oxygens (including phenoxy) is 2. The summed E-state index contributed by atoms with van der Waals surface area (Å²) in [5.74, 6) is 0.921. The summed E-state index contributed by atoms with van der Waals surface area (Å²) in [6.45, 7) is 3.61. The molecule has 17 heavy (non-hydrogen) atoms. The molecule has 1 saturated heterocycles. The lowest BCUT2D eigenvalue weighted by Gasteiger charge is -2.26. The van der Waals surface area contributed by atoms with E-state index in [2.05, 4.69) is 19.1 Å². The normalized spacial score (nSPS) is 24.6. The van der Waals surface area contributed by atoms with E-state index in [0.29, 0.717) is 0 Å². The standard InChI is InChI=1S/C14H19ClO2/c1-2-7-16-13-5-3-4-11(9-13)14-10-12(15)6-8-17-14/h3-5,9,12,14H,2,6-8,10H2,1H3. The summed E-state index contributed by atoms with van der Waals surface area (Å²) in [6, 6.07) is 8.15. The zero-order valence-electron chi connectivity index (χ0n) is 10.2. The highest BCUT2D eigenvalue weighted by molar-refractivity contribution is 6.20. The second kappa shape index (κ2) is 6.27. The van der Waals surface area contributed by atoms with Crippen molar-refractivity contribution in [2.45, 2.75) is 37.7 Å². The Balaban J connectivity index is 2.04. The van der Waals surface area contributed by atoms with Crippen LogP contribution in [0, 0.1) is 0 Å². The molecule has 2 rings (SSSR count). The third-order valence-corrected chi connectivity index (χ3v) is 3.32. The molecule has 1 aliphatic heterocycles. The van der Waals surface area contributed by atoms with Crippen LogP contribution in [0.1, 0.15) is 37.9 Å². The van der Waals surface area contributed by atoms with Crippen molar-refractivity contribution < 1.29 is 9.47 Å². The van der Waals surface area contributed by atoms with Crippen LogP contribution >= 0.6 is 11.6 Å². The van der Waals surface area contributed by atoms with Gasteiger partial charge >= 0.3 is 0 Å². The molecule has 1 aliphatic rings. The fourth-order valence-electron chi connectivity index (χ4n) is 2.01. The highest BCUT2D eigenvalue weighted by Crippen LogP contribution is 2.32. The van der Waals surface area contributed by atoms with Crippen molar-refractivity contribution in [3.63, 3.8) is 0 Å². The van der Waals surface area contributed by atoms with Crippen LogP contribution in [0.3, 0.4) is 0 Å². The van der Waals surface area contributed by atoms with Crippen molar-refractivity contribution in [3.8, 4) is 5.75 Å². The smallest absolute Gasteiger partial charge is 0.119 e. The summed E-state index contributed by atoms with van der Waals surface area (Å²) in [6.07, 6.45) is 2.98. The molecule has 0 amide bonds. The van der Waals surface area contributed by atoms with Gasteiger partial charge in [0.2, 0.25) is 0 Å². The van der Waals surface area contributed by atoms with Gasteiger partial charge < -0.3 is 9.47 Å². The first-order valence-corrected chi connectivity index (χ1v) is 6.71. The maximum Gasteiger partial charge on any atom is 0.119 e. The Morgan fingerprint density at radius 1 is 1.47 bits per heavy atom. The number of rotatable bonds is 4. The van der Waals surface area contributed by atoms with Crippen LogP contribution in [0.2, 0.25) is 0 Å². The predicted molar refractivity (Wildman–Crippen MR) is 69.8 cm³/mol. The first kappa shape index (κ1) is 12.7. The van der Waals surface area contributed by atoms with Crippen molar-refractivity contribution in [1.82, 2.24) is 0 Å². The maximum atomic E-state index is 6.17. The highest BCUT2D eigenvalue weighted by Gasteiger charge is 2.22. The van der Waals surface area contributed by atoms with E-state index in [9.17, 15) is 0 Å². The minimum atomic E-state index is 0.122. The van der Waals surface area contributed by atoms with Crippen LogP contribution in [0.15, 0.2) is 24.3 Å². The molecule has 0 N–H and O–H groups in total. The predicted octanol–water partition coefficient (Wildman–Crippen LogP) is 3.93. The lowest BCUT2D eigenvalue weighted by atomic mass is 10.0. The van der Waals surface area contributed by atoms with E-state index in [4.69, 9.17) is 21.1 Å². The molecule has 0 spiro atoms. The minimum absolute atomic E-state index is 0.122. The summed E-state index contributed by atoms with van der Waals surface area (Å²) in [7, 11) is 0. The van der Waals surface area contributed by atoms with E-state index in [0.717, 1.165) is 38.2 Å². The summed E-state index contributed by atoms with van der Waals surface area (Å²) in [5.41, 5.74) is 1.17. The summed E-state index contributed by atoms with van der Waals surface area (Å²) in [5, 5.41) is 0.231. The topological polar surface area (TPSA) is 18.5 Å². The average molecular weight is 255 g/mol. The Bertz CT molecular complexity index is 354. The molecule has 0 aliphatic carbocycles. The molecule has 2 unspecified atom stereocenters. The van der Waals surface area contributed by atoms with E-state index in [1.54, 1.807) is 0 Å².